The lowest BCUT2D eigenvalue weighted by Gasteiger charge is -2.21. The Bertz CT molecular complexity index is 3660. The van der Waals surface area contributed by atoms with Crippen molar-refractivity contribution in [3.05, 3.63) is 107 Å². The molecule has 0 aliphatic rings. The highest BCUT2D eigenvalue weighted by Gasteiger charge is 2.27. The minimum Gasteiger partial charge on any atom is -0.646 e. The van der Waals surface area contributed by atoms with Crippen molar-refractivity contribution in [1.29, 1.82) is 0 Å². The Morgan fingerprint density at radius 1 is 0.201 bits per heavy atom. The van der Waals surface area contributed by atoms with Crippen LogP contribution in [-0.2, 0) is 34.1 Å². The Morgan fingerprint density at radius 3 is 0.674 bits per heavy atom. The average Bonchev–Trinajstić information content (AvgIpc) is 0.894. The third kappa shape index (κ3) is 94.4. The summed E-state index contributed by atoms with van der Waals surface area (Å²) in [5.41, 5.74) is 10.1. The molecule has 0 rings (SSSR count). The maximum absolute atomic E-state index is 6.29. The van der Waals surface area contributed by atoms with Crippen molar-refractivity contribution in [1.82, 2.24) is 0 Å². The van der Waals surface area contributed by atoms with E-state index in [-0.39, 0.29) is 0 Å². The molecule has 0 saturated carbocycles. The summed E-state index contributed by atoms with van der Waals surface area (Å²) in [6, 6.07) is 1.07. The van der Waals surface area contributed by atoms with E-state index in [0.29, 0.717) is 53.6 Å². The van der Waals surface area contributed by atoms with Gasteiger partial charge in [-0.2, -0.15) is 0 Å². The van der Waals surface area contributed by atoms with Crippen LogP contribution in [0.15, 0.2) is 151 Å². The number of nitrogens with zero attached hydrogens (tertiary/aromatic N) is 9. The average molecular weight is 2150 g/mol. The predicted molar refractivity (Wildman–Crippen MR) is 669 cm³/mol. The highest BCUT2D eigenvalue weighted by atomic mass is 27.2. The summed E-state index contributed by atoms with van der Waals surface area (Å²) < 4.78 is 54.7. The fraction of sp³-hybridized carbons (Fsp3) is 0.769. The molecule has 828 valence electrons. The van der Waals surface area contributed by atoms with E-state index in [1.807, 2.05) is 80.8 Å². The van der Waals surface area contributed by atoms with Crippen molar-refractivity contribution < 1.29 is 34.1 Å². The van der Waals surface area contributed by atoms with Crippen LogP contribution in [0, 0.1) is 35.5 Å². The molecule has 0 unspecified atom stereocenters. The van der Waals surface area contributed by atoms with Crippen LogP contribution in [0.4, 0.5) is 0 Å². The van der Waals surface area contributed by atoms with Gasteiger partial charge in [0.25, 0.3) is 0 Å². The molecule has 0 fully saturated rings. The van der Waals surface area contributed by atoms with E-state index in [1.165, 1.54) is 112 Å². The van der Waals surface area contributed by atoms with Crippen molar-refractivity contribution >= 4 is 182 Å². The van der Waals surface area contributed by atoms with E-state index in [4.69, 9.17) is 39.1 Å². The van der Waals surface area contributed by atoms with Gasteiger partial charge in [-0.25, -0.2) is 0 Å². The highest BCUT2D eigenvalue weighted by Crippen LogP contribution is 2.24. The van der Waals surface area contributed by atoms with Crippen LogP contribution >= 0.6 is 0 Å². The largest absolute Gasteiger partial charge is 0.646 e. The smallest absolute Gasteiger partial charge is 0.546 e. The lowest BCUT2D eigenvalue weighted by atomic mass is 10.0. The van der Waals surface area contributed by atoms with E-state index < -0.39 is 130 Å². The molecule has 0 aromatic heterocycles. The van der Waals surface area contributed by atoms with Gasteiger partial charge < -0.3 is 34.1 Å². The van der Waals surface area contributed by atoms with Crippen LogP contribution in [0.2, 0.25) is 95.1 Å². The van der Waals surface area contributed by atoms with Gasteiger partial charge in [-0.15, -0.1) is 0 Å². The van der Waals surface area contributed by atoms with Gasteiger partial charge in [-0.1, -0.05) is 344 Å². The fourth-order valence-electron chi connectivity index (χ4n) is 13.6. The van der Waals surface area contributed by atoms with Gasteiger partial charge in [0.1, 0.15) is 0 Å². The molecule has 18 nitrogen and oxygen atoms in total. The summed E-state index contributed by atoms with van der Waals surface area (Å²) in [5, 5.41) is 21.6. The summed E-state index contributed by atoms with van der Waals surface area (Å²) in [6.07, 6.45) is 24.9. The Labute approximate surface area is 939 Å². The lowest BCUT2D eigenvalue weighted by molar-refractivity contribution is 0.372. The number of aliphatic imine (C=N–C) groups is 9. The molecule has 0 N–H and O–H groups in total. The van der Waals surface area contributed by atoms with Gasteiger partial charge in [-0.05, 0) is 215 Å². The number of hydrogen-bond donors (Lipinski definition) is 0. The minimum absolute atomic E-state index is 0.340. The number of rotatable bonds is 63. The van der Waals surface area contributed by atoms with Crippen LogP contribution < -0.4 is 0 Å². The predicted octanol–water partition coefficient (Wildman–Crippen LogP) is 36.9. The molecule has 0 aromatic rings. The number of allylic oxidation sites excluding steroid dienone is 18. The second-order valence-corrected chi connectivity index (χ2v) is 67.2. The van der Waals surface area contributed by atoms with Gasteiger partial charge in [0.05, 0.1) is 51.8 Å². The summed E-state index contributed by atoms with van der Waals surface area (Å²) in [7, 11) is 5.50. The monoisotopic (exact) mass is 2150 g/mol. The molecule has 0 saturated heterocycles. The molecule has 0 aromatic carbocycles. The lowest BCUT2D eigenvalue weighted by Crippen LogP contribution is -2.19. The normalized spacial score (nSPS) is 13.2. The van der Waals surface area contributed by atoms with E-state index in [2.05, 4.69) is 381 Å². The van der Waals surface area contributed by atoms with Gasteiger partial charge >= 0.3 is 130 Å². The zero-order valence-corrected chi connectivity index (χ0v) is 116. The highest BCUT2D eigenvalue weighted by molar-refractivity contribution is 6.55. The third-order valence-electron chi connectivity index (χ3n) is 23.1. The molecule has 27 heteroatoms. The van der Waals surface area contributed by atoms with Gasteiger partial charge in [0.15, 0.2) is 0 Å². The summed E-state index contributed by atoms with van der Waals surface area (Å²) in [6.45, 7) is 113. The summed E-state index contributed by atoms with van der Waals surface area (Å²) in [4.78, 5) is 39.8. The maximum atomic E-state index is 6.29. The van der Waals surface area contributed by atoms with Crippen LogP contribution in [0.25, 0.3) is 0 Å². The minimum atomic E-state index is -1.06. The Hall–Kier alpha value is -2.32. The van der Waals surface area contributed by atoms with Gasteiger partial charge in [-0.3, -0.25) is 44.9 Å². The van der Waals surface area contributed by atoms with E-state index >= 15 is 0 Å². The SMILES string of the molecule is CCC(/C=C(/CC)[O][Al]([CH2]C)[CH2]C)=NC.CCC(/C=C(/CC)[O][Al]([CH2]C)[CH2]C)=NC(C)C.CCN=C(/C=C(/CC)[O][Al]([CH2]C)[CH2]C)CC.CCN=C(/C=C(\[O][Al]([CH2]C)[CH2]C)C(C)C)C(C)C.CCN=C(C)/C=C(/C)[O][Al]([CH2]C)[CH2]C.C[CH2][Al]([CH2]C)[O]/C(=C\C(=NC(C)C)C(C)C)C(C)C.C[CH2][Al]([CH2]C)[O]/C(=C\C(=NC)C(C)C)C(C)C.C[CH2][Al]([CH2]C)[O]/C(C)=C\C(C)=NC.C[CH2][Al]([CH2]C)[O]/C(C)=C\C(C)=NC(C)C. The topological polar surface area (TPSA) is 194 Å². The zero-order valence-electron chi connectivity index (χ0n) is 105. The molecule has 0 atom stereocenters. The van der Waals surface area contributed by atoms with Crippen molar-refractivity contribution in [2.45, 2.75) is 505 Å². The Morgan fingerprint density at radius 2 is 0.444 bits per heavy atom. The van der Waals surface area contributed by atoms with E-state index in [0.717, 1.165) is 144 Å². The van der Waals surface area contributed by atoms with Crippen LogP contribution in [0.5, 0.6) is 0 Å². The van der Waals surface area contributed by atoms with E-state index in [9.17, 15) is 0 Å². The summed E-state index contributed by atoms with van der Waals surface area (Å²) >= 11 is -8.94. The van der Waals surface area contributed by atoms with E-state index in [1.54, 1.807) is 7.05 Å². The van der Waals surface area contributed by atoms with Crippen molar-refractivity contribution in [2.24, 2.45) is 80.4 Å². The molecule has 0 spiro atoms. The van der Waals surface area contributed by atoms with Crippen molar-refractivity contribution in [3.8, 4) is 0 Å². The molecular formula is C117H234Al9N9O9. The first kappa shape index (κ1) is 159. The first-order chi connectivity index (χ1) is 68.0. The third-order valence-corrected chi connectivity index (χ3v) is 45.4. The Balaban J connectivity index is -0.000000204. The van der Waals surface area contributed by atoms with Crippen molar-refractivity contribution in [2.75, 3.05) is 40.8 Å². The number of hydrogen-bond acceptors (Lipinski definition) is 18. The van der Waals surface area contributed by atoms with Crippen LogP contribution in [-0.4, -0.2) is 241 Å². The standard InChI is InChI=1S/C12H23NO.C11H21NO.2C10H19NO.C9H17NO.2C8H15NO.C7H13NO.C6H11NO.18C2H5.9Al/c1-8(2)11(13-10(5)6)7-12(14)9(3)4;1-6-12-10(8(2)3)7-11(13)9(4)5;1-7(2)9(11-5)6-10(12)8(3)4;1-5-9(11-8(3)4)7-10(12)6-2;1-4-8(10-6-3)7-9(11)5-2;1-6(2)9-7(3)5-8(4)10;1-4-7(9-3)6-8(10)5-2;1-4-8-6(2)5-7(3)9;1-5(7-3)4-6(2)8;18*1-2;;;;;;;;;/h7-10,14H,1-6H3;7-9,13H,6H2,1-5H3;6-8,12H,1-5H3;7-8,12H,5-6H2,1-4H3;7,11H,4-6H2,1-3H3;5-6,10H,1-4H3;6,10H,4-5H2,1-3H3;5,9H,4H2,1-3H3;4,8H,1-3H3;18*1H2,2H3;;;;;;;;;/q;;;;;;;;;;;;;;;;;;;;;;;;;;;9*+1/p-9/b12-7-,13-11?;11-7-,12-10?;10-6-,11-9?;10-7-,11-9?;9-7-,10-8?;8-5-,9-7?;8-6-,9-7?;7-5-,8-6?;6-4-,7-5?;;;;;;;;;;;;;;;;;;;;;;;;;;;. The molecule has 0 radical (unpaired) electrons. The molecule has 0 heterocycles. The van der Waals surface area contributed by atoms with Gasteiger partial charge in [0, 0.05) is 128 Å². The molecule has 0 aliphatic heterocycles. The first-order valence-corrected chi connectivity index (χ1v) is 76.9. The molecule has 144 heavy (non-hydrogen) atoms. The quantitative estimate of drug-likeness (QED) is 0.0323. The second-order valence-electron chi connectivity index (χ2n) is 39.2. The summed E-state index contributed by atoms with van der Waals surface area (Å²) in [5.74, 6) is 12.5. The first-order valence-electron chi connectivity index (χ1n) is 57.9. The molecule has 0 aliphatic carbocycles. The fourth-order valence-corrected chi connectivity index (χ4v) is 27.8. The van der Waals surface area contributed by atoms with Crippen LogP contribution in [0.1, 0.15) is 392 Å². The molecule has 0 bridgehead atoms. The Kier molecular flexibility index (Phi) is 119. The molecule has 0 amide bonds. The zero-order chi connectivity index (χ0) is 113. The van der Waals surface area contributed by atoms with Crippen molar-refractivity contribution in [3.63, 3.8) is 0 Å². The second kappa shape index (κ2) is 108. The van der Waals surface area contributed by atoms with Crippen LogP contribution in [0.3, 0.4) is 0 Å². The molecular weight excluding hydrogens is 1920 g/mol. The van der Waals surface area contributed by atoms with Gasteiger partial charge in [0.2, 0.25) is 0 Å². The maximum Gasteiger partial charge on any atom is 0.546 e.